The van der Waals surface area contributed by atoms with Gasteiger partial charge in [0.15, 0.2) is 0 Å². The lowest BCUT2D eigenvalue weighted by Crippen LogP contribution is -2.02. The van der Waals surface area contributed by atoms with E-state index in [1.165, 1.54) is 0 Å². The minimum Gasteiger partial charge on any atom is -0.395 e. The van der Waals surface area contributed by atoms with Crippen LogP contribution < -0.4 is 5.73 Å². The first kappa shape index (κ1) is 10.3. The molecule has 0 aromatic rings. The normalized spacial score (nSPS) is 6.86. The Balaban J connectivity index is 0. The zero-order chi connectivity index (χ0) is 6.12. The van der Waals surface area contributed by atoms with Crippen molar-refractivity contribution in [2.24, 2.45) is 5.73 Å². The van der Waals surface area contributed by atoms with E-state index in [9.17, 15) is 0 Å². The largest absolute Gasteiger partial charge is 0.395 e. The zero-order valence-corrected chi connectivity index (χ0v) is 5.66. The molecule has 3 heteroatoms. The third-order valence-electron chi connectivity index (χ3n) is 0.129. The fourth-order valence-electron chi connectivity index (χ4n) is 0. The SMILES string of the molecule is CSC.NCCO. The molecule has 0 aliphatic rings. The maximum Gasteiger partial charge on any atom is 0.0553 e. The molecule has 0 spiro atoms. The van der Waals surface area contributed by atoms with Gasteiger partial charge < -0.3 is 10.8 Å². The monoisotopic (exact) mass is 123 g/mol. The first-order valence-electron chi connectivity index (χ1n) is 2.04. The standard InChI is InChI=1S/C2H7NO.C2H6S/c3-1-2-4;1-3-2/h4H,1-3H2;1-2H3. The maximum atomic E-state index is 7.75. The Morgan fingerprint density at radius 2 is 1.71 bits per heavy atom. The summed E-state index contributed by atoms with van der Waals surface area (Å²) in [7, 11) is 0. The van der Waals surface area contributed by atoms with Crippen LogP contribution in [0.1, 0.15) is 0 Å². The molecule has 0 aromatic carbocycles. The molecule has 7 heavy (non-hydrogen) atoms. The Hall–Kier alpha value is 0.270. The molecule has 0 atom stereocenters. The van der Waals surface area contributed by atoms with Crippen LogP contribution in [0, 0.1) is 0 Å². The van der Waals surface area contributed by atoms with Crippen molar-refractivity contribution in [1.29, 1.82) is 0 Å². The van der Waals surface area contributed by atoms with Gasteiger partial charge in [-0.1, -0.05) is 0 Å². The molecule has 0 bridgehead atoms. The predicted molar refractivity (Wildman–Crippen MR) is 35.6 cm³/mol. The minimum atomic E-state index is 0.0972. The highest BCUT2D eigenvalue weighted by molar-refractivity contribution is 7.97. The van der Waals surface area contributed by atoms with Crippen LogP contribution >= 0.6 is 11.8 Å². The van der Waals surface area contributed by atoms with Crippen LogP contribution in [-0.4, -0.2) is 30.8 Å². The summed E-state index contributed by atoms with van der Waals surface area (Å²) < 4.78 is 0. The third kappa shape index (κ3) is 70.9. The fourth-order valence-corrected chi connectivity index (χ4v) is 0. The molecule has 46 valence electrons. The number of nitrogens with two attached hydrogens (primary N) is 1. The third-order valence-corrected chi connectivity index (χ3v) is 0.129. The Morgan fingerprint density at radius 3 is 1.71 bits per heavy atom. The number of thioether (sulfide) groups is 1. The molecular weight excluding hydrogens is 110 g/mol. The van der Waals surface area contributed by atoms with Crippen LogP contribution in [0.3, 0.4) is 0 Å². The van der Waals surface area contributed by atoms with Gasteiger partial charge in [0.05, 0.1) is 6.61 Å². The van der Waals surface area contributed by atoms with Gasteiger partial charge in [0.25, 0.3) is 0 Å². The molecule has 0 aromatic heterocycles. The zero-order valence-electron chi connectivity index (χ0n) is 4.85. The van der Waals surface area contributed by atoms with Crippen LogP contribution in [0.5, 0.6) is 0 Å². The predicted octanol–water partition coefficient (Wildman–Crippen LogP) is -0.0834. The fraction of sp³-hybridized carbons (Fsp3) is 1.00. The summed E-state index contributed by atoms with van der Waals surface area (Å²) in [6.45, 7) is 0.472. The van der Waals surface area contributed by atoms with E-state index in [1.54, 1.807) is 11.8 Å². The van der Waals surface area contributed by atoms with Crippen molar-refractivity contribution in [2.75, 3.05) is 25.7 Å². The number of rotatable bonds is 1. The van der Waals surface area contributed by atoms with Gasteiger partial charge in [-0.05, 0) is 12.5 Å². The molecule has 0 amide bonds. The van der Waals surface area contributed by atoms with Crippen molar-refractivity contribution < 1.29 is 5.11 Å². The molecule has 0 fully saturated rings. The van der Waals surface area contributed by atoms with Crippen molar-refractivity contribution in [3.8, 4) is 0 Å². The minimum absolute atomic E-state index is 0.0972. The lowest BCUT2D eigenvalue weighted by atomic mass is 10.8. The van der Waals surface area contributed by atoms with E-state index < -0.39 is 0 Å². The molecule has 3 N–H and O–H groups in total. The second-order valence-electron chi connectivity index (χ2n) is 0.921. The van der Waals surface area contributed by atoms with Crippen molar-refractivity contribution in [1.82, 2.24) is 0 Å². The molecule has 2 nitrogen and oxygen atoms in total. The number of hydrogen-bond acceptors (Lipinski definition) is 3. The van der Waals surface area contributed by atoms with Crippen molar-refractivity contribution in [3.05, 3.63) is 0 Å². The van der Waals surface area contributed by atoms with Gasteiger partial charge in [-0.25, -0.2) is 0 Å². The lowest BCUT2D eigenvalue weighted by molar-refractivity contribution is 0.306. The average Bonchev–Trinajstić information content (AvgIpc) is 1.69. The summed E-state index contributed by atoms with van der Waals surface area (Å²) in [5, 5.41) is 7.75. The van der Waals surface area contributed by atoms with Crippen LogP contribution in [0.15, 0.2) is 0 Å². The van der Waals surface area contributed by atoms with Gasteiger partial charge in [0, 0.05) is 6.54 Å². The molecule has 0 unspecified atom stereocenters. The first-order chi connectivity index (χ1) is 3.33. The molecule has 0 rings (SSSR count). The van der Waals surface area contributed by atoms with Crippen LogP contribution in [0.25, 0.3) is 0 Å². The van der Waals surface area contributed by atoms with Crippen molar-refractivity contribution in [2.45, 2.75) is 0 Å². The van der Waals surface area contributed by atoms with Gasteiger partial charge >= 0.3 is 0 Å². The molecule has 0 aliphatic heterocycles. The summed E-state index contributed by atoms with van der Waals surface area (Å²) in [5.74, 6) is 0. The second-order valence-corrected chi connectivity index (χ2v) is 1.74. The number of hydrogen-bond donors (Lipinski definition) is 2. The molecule has 0 saturated heterocycles. The van der Waals surface area contributed by atoms with E-state index in [4.69, 9.17) is 10.8 Å². The first-order valence-corrected chi connectivity index (χ1v) is 3.67. The quantitative estimate of drug-likeness (QED) is 0.512. The number of aliphatic hydroxyl groups excluding tert-OH is 1. The topological polar surface area (TPSA) is 46.2 Å². The highest BCUT2D eigenvalue weighted by Gasteiger charge is 1.56. The second kappa shape index (κ2) is 16.3. The van der Waals surface area contributed by atoms with E-state index in [2.05, 4.69) is 0 Å². The van der Waals surface area contributed by atoms with Crippen LogP contribution in [0.2, 0.25) is 0 Å². The summed E-state index contributed by atoms with van der Waals surface area (Å²) in [5.41, 5.74) is 4.78. The number of aliphatic hydroxyl groups is 1. The molecule has 0 radical (unpaired) electrons. The van der Waals surface area contributed by atoms with E-state index in [0.717, 1.165) is 0 Å². The summed E-state index contributed by atoms with van der Waals surface area (Å²) in [6, 6.07) is 0. The summed E-state index contributed by atoms with van der Waals surface area (Å²) >= 11 is 1.75. The van der Waals surface area contributed by atoms with Gasteiger partial charge in [-0.3, -0.25) is 0 Å². The van der Waals surface area contributed by atoms with E-state index >= 15 is 0 Å². The molecule has 0 aliphatic carbocycles. The lowest BCUT2D eigenvalue weighted by Gasteiger charge is -1.71. The Bertz CT molecular complexity index is 19.2. The Morgan fingerprint density at radius 1 is 1.57 bits per heavy atom. The molecular formula is C4H13NOS. The van der Waals surface area contributed by atoms with Crippen LogP contribution in [0.4, 0.5) is 0 Å². The molecule has 0 heterocycles. The van der Waals surface area contributed by atoms with E-state index in [0.29, 0.717) is 6.54 Å². The average molecular weight is 123 g/mol. The smallest absolute Gasteiger partial charge is 0.0553 e. The highest BCUT2D eigenvalue weighted by Crippen LogP contribution is 1.70. The van der Waals surface area contributed by atoms with Crippen molar-refractivity contribution >= 4 is 11.8 Å². The Labute approximate surface area is 49.1 Å². The van der Waals surface area contributed by atoms with Crippen molar-refractivity contribution in [3.63, 3.8) is 0 Å². The van der Waals surface area contributed by atoms with Gasteiger partial charge in [0.2, 0.25) is 0 Å². The van der Waals surface area contributed by atoms with E-state index in [1.807, 2.05) is 12.5 Å². The van der Waals surface area contributed by atoms with Crippen LogP contribution in [-0.2, 0) is 0 Å². The Kier molecular flexibility index (Phi) is 23.9. The highest BCUT2D eigenvalue weighted by atomic mass is 32.2. The van der Waals surface area contributed by atoms with Gasteiger partial charge in [-0.15, -0.1) is 0 Å². The van der Waals surface area contributed by atoms with E-state index in [-0.39, 0.29) is 6.61 Å². The molecule has 0 saturated carbocycles. The summed E-state index contributed by atoms with van der Waals surface area (Å²) in [4.78, 5) is 0. The summed E-state index contributed by atoms with van der Waals surface area (Å²) in [6.07, 6.45) is 4.08. The van der Waals surface area contributed by atoms with Gasteiger partial charge in [0.1, 0.15) is 0 Å². The van der Waals surface area contributed by atoms with Gasteiger partial charge in [-0.2, -0.15) is 11.8 Å². The maximum absolute atomic E-state index is 7.75.